The zero-order chi connectivity index (χ0) is 13.1. The molecule has 0 aromatic carbocycles. The largest absolute Gasteiger partial charge is 0.309 e. The highest BCUT2D eigenvalue weighted by molar-refractivity contribution is 5.03. The van der Waals surface area contributed by atoms with Crippen LogP contribution >= 0.6 is 0 Å². The second kappa shape index (κ2) is 5.43. The number of hydrogen-bond donors (Lipinski definition) is 0. The Kier molecular flexibility index (Phi) is 3.49. The predicted octanol–water partition coefficient (Wildman–Crippen LogP) is 2.60. The van der Waals surface area contributed by atoms with E-state index in [-0.39, 0.29) is 5.56 Å². The molecule has 2 aromatic rings. The van der Waals surface area contributed by atoms with Gasteiger partial charge < -0.3 is 4.57 Å². The highest BCUT2D eigenvalue weighted by atomic mass is 16.1. The lowest BCUT2D eigenvalue weighted by molar-refractivity contribution is 0.328. The van der Waals surface area contributed by atoms with E-state index < -0.39 is 0 Å². The molecule has 3 rings (SSSR count). The molecule has 0 unspecified atom stereocenters. The van der Waals surface area contributed by atoms with E-state index in [0.29, 0.717) is 12.6 Å². The van der Waals surface area contributed by atoms with Gasteiger partial charge in [-0.3, -0.25) is 9.48 Å². The van der Waals surface area contributed by atoms with Crippen LogP contribution in [0.4, 0.5) is 0 Å². The van der Waals surface area contributed by atoms with E-state index >= 15 is 0 Å². The molecule has 4 heteroatoms. The minimum absolute atomic E-state index is 0.0229. The molecule has 0 aliphatic heterocycles. The molecule has 0 spiro atoms. The normalized spacial score (nSPS) is 16.6. The van der Waals surface area contributed by atoms with E-state index in [1.54, 1.807) is 16.7 Å². The Morgan fingerprint density at radius 2 is 1.95 bits per heavy atom. The van der Waals surface area contributed by atoms with Crippen LogP contribution in [-0.2, 0) is 6.54 Å². The van der Waals surface area contributed by atoms with Crippen LogP contribution in [0.3, 0.4) is 0 Å². The maximum absolute atomic E-state index is 11.7. The Bertz CT molecular complexity index is 593. The number of pyridine rings is 1. The third kappa shape index (κ3) is 2.78. The van der Waals surface area contributed by atoms with Crippen LogP contribution in [0, 0.1) is 0 Å². The topological polar surface area (TPSA) is 39.8 Å². The van der Waals surface area contributed by atoms with Crippen molar-refractivity contribution in [3.05, 3.63) is 52.7 Å². The van der Waals surface area contributed by atoms with Gasteiger partial charge in [-0.2, -0.15) is 5.10 Å². The first kappa shape index (κ1) is 12.2. The zero-order valence-corrected chi connectivity index (χ0v) is 11.0. The Hall–Kier alpha value is -1.84. The van der Waals surface area contributed by atoms with Gasteiger partial charge in [-0.1, -0.05) is 25.3 Å². The molecule has 0 saturated heterocycles. The molecule has 2 heterocycles. The second-order valence-corrected chi connectivity index (χ2v) is 5.25. The summed E-state index contributed by atoms with van der Waals surface area (Å²) in [4.78, 5) is 11.7. The van der Waals surface area contributed by atoms with E-state index in [2.05, 4.69) is 16.0 Å². The molecule has 0 bridgehead atoms. The zero-order valence-electron chi connectivity index (χ0n) is 11.0. The summed E-state index contributed by atoms with van der Waals surface area (Å²) in [6.07, 6.45) is 10.3. The third-order valence-corrected chi connectivity index (χ3v) is 3.84. The van der Waals surface area contributed by atoms with Crippen molar-refractivity contribution in [2.75, 3.05) is 0 Å². The van der Waals surface area contributed by atoms with E-state index in [9.17, 15) is 4.79 Å². The first-order chi connectivity index (χ1) is 9.33. The van der Waals surface area contributed by atoms with E-state index in [1.165, 1.54) is 32.1 Å². The molecular formula is C15H19N3O. The van der Waals surface area contributed by atoms with Gasteiger partial charge >= 0.3 is 0 Å². The summed E-state index contributed by atoms with van der Waals surface area (Å²) in [6.45, 7) is 0.555. The number of rotatable bonds is 3. The summed E-state index contributed by atoms with van der Waals surface area (Å²) in [6, 6.07) is 7.79. The SMILES string of the molecule is O=c1ccccn1Cc1ccn(C2CCCCC2)n1. The first-order valence-electron chi connectivity index (χ1n) is 7.02. The summed E-state index contributed by atoms with van der Waals surface area (Å²) in [7, 11) is 0. The molecule has 19 heavy (non-hydrogen) atoms. The molecule has 0 atom stereocenters. The minimum Gasteiger partial charge on any atom is -0.309 e. The van der Waals surface area contributed by atoms with Crippen molar-refractivity contribution >= 4 is 0 Å². The Balaban J connectivity index is 1.74. The lowest BCUT2D eigenvalue weighted by atomic mass is 9.96. The van der Waals surface area contributed by atoms with E-state index in [4.69, 9.17) is 0 Å². The molecule has 1 fully saturated rings. The van der Waals surface area contributed by atoms with Crippen LogP contribution in [0.5, 0.6) is 0 Å². The average Bonchev–Trinajstić information content (AvgIpc) is 2.91. The molecule has 0 amide bonds. The highest BCUT2D eigenvalue weighted by Gasteiger charge is 2.15. The quantitative estimate of drug-likeness (QED) is 0.848. The van der Waals surface area contributed by atoms with Gasteiger partial charge in [0, 0.05) is 18.5 Å². The fourth-order valence-electron chi connectivity index (χ4n) is 2.78. The van der Waals surface area contributed by atoms with Gasteiger partial charge in [-0.15, -0.1) is 0 Å². The Morgan fingerprint density at radius 1 is 1.11 bits per heavy atom. The van der Waals surface area contributed by atoms with Gasteiger partial charge in [0.05, 0.1) is 18.3 Å². The predicted molar refractivity (Wildman–Crippen MR) is 74.2 cm³/mol. The van der Waals surface area contributed by atoms with Gasteiger partial charge in [0.1, 0.15) is 0 Å². The van der Waals surface area contributed by atoms with Gasteiger partial charge in [0.2, 0.25) is 0 Å². The van der Waals surface area contributed by atoms with Crippen LogP contribution in [0.25, 0.3) is 0 Å². The van der Waals surface area contributed by atoms with Crippen LogP contribution in [0.1, 0.15) is 43.8 Å². The molecule has 1 saturated carbocycles. The number of hydrogen-bond acceptors (Lipinski definition) is 2. The molecule has 1 aliphatic rings. The fraction of sp³-hybridized carbons (Fsp3) is 0.467. The van der Waals surface area contributed by atoms with Crippen LogP contribution in [0.15, 0.2) is 41.5 Å². The minimum atomic E-state index is 0.0229. The van der Waals surface area contributed by atoms with Crippen molar-refractivity contribution < 1.29 is 0 Å². The highest BCUT2D eigenvalue weighted by Crippen LogP contribution is 2.27. The van der Waals surface area contributed by atoms with E-state index in [1.807, 2.05) is 18.3 Å². The molecule has 1 aliphatic carbocycles. The van der Waals surface area contributed by atoms with Crippen LogP contribution in [-0.4, -0.2) is 14.3 Å². The van der Waals surface area contributed by atoms with Crippen LogP contribution in [0.2, 0.25) is 0 Å². The lowest BCUT2D eigenvalue weighted by Gasteiger charge is -2.21. The van der Waals surface area contributed by atoms with Gasteiger partial charge in [0.25, 0.3) is 5.56 Å². The van der Waals surface area contributed by atoms with Gasteiger partial charge in [-0.25, -0.2) is 0 Å². The van der Waals surface area contributed by atoms with Crippen molar-refractivity contribution in [3.8, 4) is 0 Å². The summed E-state index contributed by atoms with van der Waals surface area (Å²) in [5.74, 6) is 0. The molecule has 0 radical (unpaired) electrons. The smallest absolute Gasteiger partial charge is 0.250 e. The van der Waals surface area contributed by atoms with Crippen molar-refractivity contribution in [2.45, 2.75) is 44.7 Å². The summed E-state index contributed by atoms with van der Waals surface area (Å²) >= 11 is 0. The number of nitrogens with zero attached hydrogens (tertiary/aromatic N) is 3. The Labute approximate surface area is 112 Å². The van der Waals surface area contributed by atoms with Crippen molar-refractivity contribution in [3.63, 3.8) is 0 Å². The third-order valence-electron chi connectivity index (χ3n) is 3.84. The van der Waals surface area contributed by atoms with Crippen molar-refractivity contribution in [1.82, 2.24) is 14.3 Å². The summed E-state index contributed by atoms with van der Waals surface area (Å²) in [5, 5.41) is 4.63. The van der Waals surface area contributed by atoms with Crippen molar-refractivity contribution in [1.29, 1.82) is 0 Å². The molecule has 2 aromatic heterocycles. The van der Waals surface area contributed by atoms with Crippen LogP contribution < -0.4 is 5.56 Å². The Morgan fingerprint density at radius 3 is 2.74 bits per heavy atom. The monoisotopic (exact) mass is 257 g/mol. The fourth-order valence-corrected chi connectivity index (χ4v) is 2.78. The molecular weight excluding hydrogens is 238 g/mol. The lowest BCUT2D eigenvalue weighted by Crippen LogP contribution is -2.19. The van der Waals surface area contributed by atoms with Gasteiger partial charge in [-0.05, 0) is 25.0 Å². The summed E-state index contributed by atoms with van der Waals surface area (Å²) in [5.41, 5.74) is 0.980. The molecule has 0 N–H and O–H groups in total. The molecule has 4 nitrogen and oxygen atoms in total. The van der Waals surface area contributed by atoms with E-state index in [0.717, 1.165) is 5.69 Å². The maximum atomic E-state index is 11.7. The summed E-state index contributed by atoms with van der Waals surface area (Å²) < 4.78 is 3.77. The number of aromatic nitrogens is 3. The first-order valence-corrected chi connectivity index (χ1v) is 7.02. The molecule has 100 valence electrons. The van der Waals surface area contributed by atoms with Gasteiger partial charge in [0.15, 0.2) is 0 Å². The second-order valence-electron chi connectivity index (χ2n) is 5.25. The van der Waals surface area contributed by atoms with Crippen molar-refractivity contribution in [2.24, 2.45) is 0 Å². The maximum Gasteiger partial charge on any atom is 0.250 e. The standard InChI is InChI=1S/C15H19N3O/c19-15-8-4-5-10-17(15)12-13-9-11-18(16-13)14-6-2-1-3-7-14/h4-5,8-11,14H,1-3,6-7,12H2. The average molecular weight is 257 g/mol.